The van der Waals surface area contributed by atoms with Crippen molar-refractivity contribution in [2.45, 2.75) is 10.8 Å². The fourth-order valence-corrected chi connectivity index (χ4v) is 2.87. The van der Waals surface area contributed by atoms with Crippen LogP contribution in [-0.4, -0.2) is 26.7 Å². The maximum Gasteiger partial charge on any atom is 0.340 e. The molecule has 1 atom stereocenters. The minimum absolute atomic E-state index is 0.0345. The van der Waals surface area contributed by atoms with Gasteiger partial charge in [0, 0.05) is 5.92 Å². The van der Waals surface area contributed by atoms with Crippen LogP contribution in [0.15, 0.2) is 35.3 Å². The zero-order chi connectivity index (χ0) is 17.5. The number of esters is 1. The highest BCUT2D eigenvalue weighted by atomic mass is 35.5. The molecule has 0 aliphatic heterocycles. The molecule has 1 aliphatic carbocycles. The molecule has 5 nitrogen and oxygen atoms in total. The van der Waals surface area contributed by atoms with Crippen LogP contribution in [0.3, 0.4) is 0 Å². The normalized spacial score (nSPS) is 18.2. The van der Waals surface area contributed by atoms with Gasteiger partial charge in [-0.3, -0.25) is 4.79 Å². The molecule has 24 heavy (non-hydrogen) atoms. The lowest BCUT2D eigenvalue weighted by Gasteiger charge is -2.11. The fourth-order valence-electron chi connectivity index (χ4n) is 2.12. The summed E-state index contributed by atoms with van der Waals surface area (Å²) >= 11 is 23.4. The molecular weight excluding hydrogens is 398 g/mol. The number of rotatable bonds is 4. The Hall–Kier alpha value is -1.27. The number of aromatic nitrogens is 2. The molecule has 126 valence electrons. The van der Waals surface area contributed by atoms with Crippen LogP contribution in [0.25, 0.3) is 5.69 Å². The number of ether oxygens (including phenoxy) is 1. The Morgan fingerprint density at radius 1 is 1.33 bits per heavy atom. The van der Waals surface area contributed by atoms with E-state index in [4.69, 9.17) is 51.1 Å². The van der Waals surface area contributed by atoms with Crippen LogP contribution in [0.2, 0.25) is 10.0 Å². The van der Waals surface area contributed by atoms with Crippen molar-refractivity contribution in [3.63, 3.8) is 0 Å². The van der Waals surface area contributed by atoms with E-state index in [1.165, 1.54) is 12.3 Å². The second-order valence-corrected chi connectivity index (χ2v) is 7.63. The SMILES string of the molecule is O=C(OC[C@@H]1CC1(Cl)Cl)c1ccccc1-n1ncc(Cl)c(Cl)c1=O. The standard InChI is InChI=1S/C15H10Cl4N2O3/c16-10-6-20-21(13(22)12(10)17)11-4-2-1-3-9(11)14(23)24-7-8-5-15(8,18)19/h1-4,6,8H,5,7H2/t8-/m0/s1. The molecule has 1 fully saturated rings. The Morgan fingerprint density at radius 2 is 2.00 bits per heavy atom. The number of carbonyl (C=O) groups is 1. The summed E-state index contributed by atoms with van der Waals surface area (Å²) in [5.41, 5.74) is -0.224. The number of carbonyl (C=O) groups excluding carboxylic acids is 1. The summed E-state index contributed by atoms with van der Waals surface area (Å²) in [5.74, 6) is -0.704. The number of hydrogen-bond acceptors (Lipinski definition) is 4. The van der Waals surface area contributed by atoms with Crippen molar-refractivity contribution in [2.24, 2.45) is 5.92 Å². The van der Waals surface area contributed by atoms with Gasteiger partial charge in [0.1, 0.15) is 9.36 Å². The molecule has 0 bridgehead atoms. The van der Waals surface area contributed by atoms with Gasteiger partial charge in [0.05, 0.1) is 29.1 Å². The molecule has 0 N–H and O–H groups in total. The maximum absolute atomic E-state index is 12.3. The Bertz CT molecular complexity index is 866. The molecule has 2 aromatic rings. The summed E-state index contributed by atoms with van der Waals surface area (Å²) in [7, 11) is 0. The molecule has 0 saturated heterocycles. The molecule has 1 aliphatic rings. The van der Waals surface area contributed by atoms with Crippen molar-refractivity contribution in [3.8, 4) is 5.69 Å². The Morgan fingerprint density at radius 3 is 2.67 bits per heavy atom. The van der Waals surface area contributed by atoms with E-state index in [1.807, 2.05) is 0 Å². The second-order valence-electron chi connectivity index (χ2n) is 5.30. The first-order valence-electron chi connectivity index (χ1n) is 6.89. The lowest BCUT2D eigenvalue weighted by atomic mass is 10.2. The zero-order valence-electron chi connectivity index (χ0n) is 12.0. The third-order valence-corrected chi connectivity index (χ3v) is 5.27. The molecule has 3 rings (SSSR count). The van der Waals surface area contributed by atoms with Crippen LogP contribution in [0.5, 0.6) is 0 Å². The summed E-state index contributed by atoms with van der Waals surface area (Å²) in [6.45, 7) is 0.101. The van der Waals surface area contributed by atoms with Gasteiger partial charge in [-0.05, 0) is 18.6 Å². The highest BCUT2D eigenvalue weighted by Crippen LogP contribution is 2.53. The molecule has 0 amide bonds. The number of para-hydroxylation sites is 1. The predicted octanol–water partition coefficient (Wildman–Crippen LogP) is 3.89. The molecule has 1 saturated carbocycles. The van der Waals surface area contributed by atoms with Crippen LogP contribution in [0.4, 0.5) is 0 Å². The van der Waals surface area contributed by atoms with Gasteiger partial charge in [-0.2, -0.15) is 9.78 Å². The first kappa shape index (κ1) is 17.5. The quantitative estimate of drug-likeness (QED) is 0.569. The minimum atomic E-state index is -0.831. The van der Waals surface area contributed by atoms with Gasteiger partial charge < -0.3 is 4.74 Å². The van der Waals surface area contributed by atoms with Crippen LogP contribution in [-0.2, 0) is 4.74 Å². The molecule has 9 heteroatoms. The Labute approximate surface area is 157 Å². The Kier molecular flexibility index (Phi) is 4.80. The predicted molar refractivity (Wildman–Crippen MR) is 92.7 cm³/mol. The largest absolute Gasteiger partial charge is 0.462 e. The maximum atomic E-state index is 12.3. The number of nitrogens with zero attached hydrogens (tertiary/aromatic N) is 2. The molecule has 0 radical (unpaired) electrons. The molecular formula is C15H10Cl4N2O3. The van der Waals surface area contributed by atoms with E-state index in [2.05, 4.69) is 5.10 Å². The minimum Gasteiger partial charge on any atom is -0.462 e. The molecule has 0 unspecified atom stereocenters. The van der Waals surface area contributed by atoms with Crippen molar-refractivity contribution >= 4 is 52.4 Å². The van der Waals surface area contributed by atoms with E-state index >= 15 is 0 Å². The van der Waals surface area contributed by atoms with E-state index in [0.29, 0.717) is 6.42 Å². The van der Waals surface area contributed by atoms with Crippen LogP contribution < -0.4 is 5.56 Å². The first-order valence-corrected chi connectivity index (χ1v) is 8.40. The highest BCUT2D eigenvalue weighted by molar-refractivity contribution is 6.50. The van der Waals surface area contributed by atoms with Crippen LogP contribution in [0, 0.1) is 5.92 Å². The summed E-state index contributed by atoms with van der Waals surface area (Å²) in [5, 5.41) is 3.78. The van der Waals surface area contributed by atoms with Gasteiger partial charge in [0.15, 0.2) is 0 Å². The van der Waals surface area contributed by atoms with Gasteiger partial charge >= 0.3 is 5.97 Å². The van der Waals surface area contributed by atoms with Crippen molar-refractivity contribution in [1.29, 1.82) is 0 Å². The number of halogens is 4. The lowest BCUT2D eigenvalue weighted by molar-refractivity contribution is 0.0485. The third-order valence-electron chi connectivity index (χ3n) is 3.60. The second kappa shape index (κ2) is 6.56. The summed E-state index contributed by atoms with van der Waals surface area (Å²) in [6.07, 6.45) is 1.80. The summed E-state index contributed by atoms with van der Waals surface area (Å²) in [6, 6.07) is 6.38. The van der Waals surface area contributed by atoms with Crippen molar-refractivity contribution in [1.82, 2.24) is 9.78 Å². The van der Waals surface area contributed by atoms with Gasteiger partial charge in [0.2, 0.25) is 0 Å². The summed E-state index contributed by atoms with van der Waals surface area (Å²) in [4.78, 5) is 24.6. The average Bonchev–Trinajstić information content (AvgIpc) is 3.17. The monoisotopic (exact) mass is 406 g/mol. The topological polar surface area (TPSA) is 61.2 Å². The van der Waals surface area contributed by atoms with Crippen molar-refractivity contribution in [2.75, 3.05) is 6.61 Å². The number of alkyl halides is 2. The molecule has 0 spiro atoms. The van der Waals surface area contributed by atoms with Crippen LogP contribution >= 0.6 is 46.4 Å². The van der Waals surface area contributed by atoms with Gasteiger partial charge in [-0.1, -0.05) is 35.3 Å². The van der Waals surface area contributed by atoms with E-state index in [0.717, 1.165) is 4.68 Å². The molecule has 1 heterocycles. The van der Waals surface area contributed by atoms with Gasteiger partial charge in [-0.15, -0.1) is 23.2 Å². The van der Waals surface area contributed by atoms with E-state index in [9.17, 15) is 9.59 Å². The number of hydrogen-bond donors (Lipinski definition) is 0. The zero-order valence-corrected chi connectivity index (χ0v) is 15.0. The summed E-state index contributed by atoms with van der Waals surface area (Å²) < 4.78 is 5.40. The fraction of sp³-hybridized carbons (Fsp3) is 0.267. The lowest BCUT2D eigenvalue weighted by Crippen LogP contribution is -2.24. The van der Waals surface area contributed by atoms with E-state index in [-0.39, 0.29) is 33.8 Å². The van der Waals surface area contributed by atoms with Crippen LogP contribution in [0.1, 0.15) is 16.8 Å². The highest BCUT2D eigenvalue weighted by Gasteiger charge is 2.52. The van der Waals surface area contributed by atoms with Gasteiger partial charge in [-0.25, -0.2) is 4.79 Å². The van der Waals surface area contributed by atoms with E-state index in [1.54, 1.807) is 18.2 Å². The van der Waals surface area contributed by atoms with E-state index < -0.39 is 15.9 Å². The van der Waals surface area contributed by atoms with Crippen molar-refractivity contribution in [3.05, 3.63) is 56.4 Å². The number of benzene rings is 1. The third kappa shape index (κ3) is 3.40. The van der Waals surface area contributed by atoms with Crippen molar-refractivity contribution < 1.29 is 9.53 Å². The molecule has 1 aromatic heterocycles. The first-order chi connectivity index (χ1) is 11.3. The average molecular weight is 408 g/mol. The molecule has 1 aromatic carbocycles. The smallest absolute Gasteiger partial charge is 0.340 e. The Balaban J connectivity index is 1.90. The van der Waals surface area contributed by atoms with Gasteiger partial charge in [0.25, 0.3) is 5.56 Å².